The van der Waals surface area contributed by atoms with Crippen LogP contribution in [0.3, 0.4) is 0 Å². The average Bonchev–Trinajstić information content (AvgIpc) is 2.41. The molecular formula is C13H18ClN3O3. The van der Waals surface area contributed by atoms with Gasteiger partial charge in [-0.15, -0.1) is 0 Å². The van der Waals surface area contributed by atoms with E-state index in [2.05, 4.69) is 10.6 Å². The van der Waals surface area contributed by atoms with Crippen molar-refractivity contribution in [1.82, 2.24) is 10.6 Å². The maximum Gasteiger partial charge on any atom is 0.302 e. The van der Waals surface area contributed by atoms with Crippen molar-refractivity contribution in [1.29, 1.82) is 0 Å². The predicted molar refractivity (Wildman–Crippen MR) is 76.7 cm³/mol. The summed E-state index contributed by atoms with van der Waals surface area (Å²) >= 11 is 6.06. The van der Waals surface area contributed by atoms with Crippen LogP contribution in [0.15, 0.2) is 18.2 Å². The zero-order chi connectivity index (χ0) is 14.5. The van der Waals surface area contributed by atoms with Crippen molar-refractivity contribution in [2.75, 3.05) is 25.4 Å². The lowest BCUT2D eigenvalue weighted by Gasteiger charge is -2.31. The van der Waals surface area contributed by atoms with E-state index in [0.29, 0.717) is 36.2 Å². The largest absolute Gasteiger partial charge is 0.472 e. The van der Waals surface area contributed by atoms with Crippen LogP contribution in [0, 0.1) is 0 Å². The number of benzene rings is 1. The Kier molecular flexibility index (Phi) is 5.05. The van der Waals surface area contributed by atoms with Gasteiger partial charge in [0.15, 0.2) is 6.23 Å². The number of carbonyl (C=O) groups excluding carboxylic acids is 1. The van der Waals surface area contributed by atoms with Crippen LogP contribution in [0.4, 0.5) is 5.69 Å². The minimum absolute atomic E-state index is 0.00233. The summed E-state index contributed by atoms with van der Waals surface area (Å²) in [5.74, 6) is 0.229. The van der Waals surface area contributed by atoms with Crippen LogP contribution in [0.1, 0.15) is 6.92 Å². The highest BCUT2D eigenvalue weighted by Crippen LogP contribution is 2.27. The number of nitrogens with one attached hydrogen (secondary N) is 2. The number of esters is 1. The maximum absolute atomic E-state index is 10.8. The highest BCUT2D eigenvalue weighted by atomic mass is 35.5. The summed E-state index contributed by atoms with van der Waals surface area (Å²) in [6.07, 6.45) is -0.261. The monoisotopic (exact) mass is 299 g/mol. The molecule has 0 spiro atoms. The highest BCUT2D eigenvalue weighted by molar-refractivity contribution is 6.32. The number of nitrogens with two attached hydrogens (primary N) is 1. The molecule has 1 heterocycles. The number of ether oxygens (including phenoxy) is 2. The number of piperazine rings is 1. The summed E-state index contributed by atoms with van der Waals surface area (Å²) in [5.41, 5.74) is 6.30. The molecular weight excluding hydrogens is 282 g/mol. The lowest BCUT2D eigenvalue weighted by molar-refractivity contribution is -0.142. The number of hydrogen-bond acceptors (Lipinski definition) is 6. The second kappa shape index (κ2) is 6.78. The summed E-state index contributed by atoms with van der Waals surface area (Å²) in [7, 11) is 0. The van der Waals surface area contributed by atoms with Gasteiger partial charge in [-0.25, -0.2) is 0 Å². The molecule has 0 amide bonds. The molecule has 1 aliphatic heterocycles. The maximum atomic E-state index is 10.8. The molecule has 0 aliphatic carbocycles. The van der Waals surface area contributed by atoms with Crippen molar-refractivity contribution in [2.24, 2.45) is 0 Å². The molecule has 4 N–H and O–H groups in total. The number of rotatable bonds is 4. The quantitative estimate of drug-likeness (QED) is 0.562. The topological polar surface area (TPSA) is 85.6 Å². The van der Waals surface area contributed by atoms with Gasteiger partial charge in [-0.1, -0.05) is 11.6 Å². The van der Waals surface area contributed by atoms with Crippen LogP contribution < -0.4 is 21.1 Å². The molecule has 2 rings (SSSR count). The number of carbonyl (C=O) groups is 1. The molecule has 1 aromatic carbocycles. The highest BCUT2D eigenvalue weighted by Gasteiger charge is 2.23. The van der Waals surface area contributed by atoms with Gasteiger partial charge >= 0.3 is 5.97 Å². The Hall–Kier alpha value is -1.50. The Morgan fingerprint density at radius 3 is 3.05 bits per heavy atom. The van der Waals surface area contributed by atoms with Gasteiger partial charge in [-0.05, 0) is 12.1 Å². The van der Waals surface area contributed by atoms with Crippen LogP contribution in [0.25, 0.3) is 0 Å². The van der Waals surface area contributed by atoms with E-state index in [1.807, 2.05) is 0 Å². The first-order valence-electron chi connectivity index (χ1n) is 6.36. The molecule has 1 aliphatic rings. The SMILES string of the molecule is CC(=O)OC[C@H]1CNC[C@H](Oc2cc(N)ccc2Cl)N1. The van der Waals surface area contributed by atoms with E-state index >= 15 is 0 Å². The van der Waals surface area contributed by atoms with Crippen molar-refractivity contribution in [3.05, 3.63) is 23.2 Å². The van der Waals surface area contributed by atoms with Crippen molar-refractivity contribution >= 4 is 23.3 Å². The van der Waals surface area contributed by atoms with Crippen LogP contribution >= 0.6 is 11.6 Å². The molecule has 2 atom stereocenters. The standard InChI is InChI=1S/C13H18ClN3O3/c1-8(18)19-7-10-5-16-6-13(17-10)20-12-4-9(15)2-3-11(12)14/h2-4,10,13,16-17H,5-7,15H2,1H3/t10-,13+/m1/s1. The van der Waals surface area contributed by atoms with Crippen LogP contribution in [0.5, 0.6) is 5.75 Å². The molecule has 0 bridgehead atoms. The molecule has 0 saturated carbocycles. The smallest absolute Gasteiger partial charge is 0.302 e. The fraction of sp³-hybridized carbons (Fsp3) is 0.462. The summed E-state index contributed by atoms with van der Waals surface area (Å²) in [6.45, 7) is 3.02. The number of halogens is 1. The van der Waals surface area contributed by atoms with Gasteiger partial charge in [-0.3, -0.25) is 10.1 Å². The molecule has 0 aromatic heterocycles. The fourth-order valence-electron chi connectivity index (χ4n) is 1.93. The van der Waals surface area contributed by atoms with E-state index in [9.17, 15) is 4.79 Å². The Bertz CT molecular complexity index is 484. The fourth-order valence-corrected chi connectivity index (χ4v) is 2.10. The summed E-state index contributed by atoms with van der Waals surface area (Å²) in [5, 5.41) is 6.96. The Morgan fingerprint density at radius 1 is 1.50 bits per heavy atom. The van der Waals surface area contributed by atoms with Crippen molar-refractivity contribution in [3.8, 4) is 5.75 Å². The molecule has 6 nitrogen and oxygen atoms in total. The minimum atomic E-state index is -0.297. The molecule has 7 heteroatoms. The molecule has 1 fully saturated rings. The van der Waals surface area contributed by atoms with Gasteiger partial charge in [0.05, 0.1) is 11.1 Å². The molecule has 0 unspecified atom stereocenters. The van der Waals surface area contributed by atoms with Gasteiger partial charge in [-0.2, -0.15) is 0 Å². The van der Waals surface area contributed by atoms with Gasteiger partial charge in [0.2, 0.25) is 0 Å². The third-order valence-electron chi connectivity index (χ3n) is 2.85. The number of hydrogen-bond donors (Lipinski definition) is 3. The Labute approximate surface area is 122 Å². The van der Waals surface area contributed by atoms with Crippen molar-refractivity contribution in [2.45, 2.75) is 19.2 Å². The first kappa shape index (κ1) is 14.9. The van der Waals surface area contributed by atoms with Gasteiger partial charge < -0.3 is 20.5 Å². The second-order valence-corrected chi connectivity index (χ2v) is 5.03. The zero-order valence-electron chi connectivity index (χ0n) is 11.2. The third-order valence-corrected chi connectivity index (χ3v) is 3.17. The van der Waals surface area contributed by atoms with E-state index < -0.39 is 0 Å². The first-order chi connectivity index (χ1) is 9.54. The van der Waals surface area contributed by atoms with Crippen molar-refractivity contribution in [3.63, 3.8) is 0 Å². The van der Waals surface area contributed by atoms with Crippen LogP contribution in [-0.2, 0) is 9.53 Å². The second-order valence-electron chi connectivity index (χ2n) is 4.62. The van der Waals surface area contributed by atoms with E-state index in [1.54, 1.807) is 18.2 Å². The predicted octanol–water partition coefficient (Wildman–Crippen LogP) is 0.752. The summed E-state index contributed by atoms with van der Waals surface area (Å²) < 4.78 is 10.8. The lowest BCUT2D eigenvalue weighted by Crippen LogP contribution is -2.58. The van der Waals surface area contributed by atoms with Gasteiger partial charge in [0.1, 0.15) is 12.4 Å². The minimum Gasteiger partial charge on any atom is -0.472 e. The zero-order valence-corrected chi connectivity index (χ0v) is 11.9. The molecule has 0 radical (unpaired) electrons. The molecule has 1 saturated heterocycles. The van der Waals surface area contributed by atoms with Gasteiger partial charge in [0, 0.05) is 31.8 Å². The van der Waals surface area contributed by atoms with E-state index in [1.165, 1.54) is 6.92 Å². The molecule has 20 heavy (non-hydrogen) atoms. The Morgan fingerprint density at radius 2 is 2.30 bits per heavy atom. The van der Waals surface area contributed by atoms with Crippen molar-refractivity contribution < 1.29 is 14.3 Å². The molecule has 110 valence electrons. The van der Waals surface area contributed by atoms with Gasteiger partial charge in [0.25, 0.3) is 0 Å². The van der Waals surface area contributed by atoms with Crippen LogP contribution in [-0.4, -0.2) is 37.9 Å². The Balaban J connectivity index is 1.92. The number of nitrogen functional groups attached to an aromatic ring is 1. The average molecular weight is 300 g/mol. The first-order valence-corrected chi connectivity index (χ1v) is 6.74. The lowest BCUT2D eigenvalue weighted by atomic mass is 10.2. The van der Waals surface area contributed by atoms with E-state index in [0.717, 1.165) is 0 Å². The molecule has 1 aromatic rings. The summed E-state index contributed by atoms with van der Waals surface area (Å²) in [4.78, 5) is 10.8. The third kappa shape index (κ3) is 4.26. The summed E-state index contributed by atoms with van der Waals surface area (Å²) in [6, 6.07) is 5.08. The number of anilines is 1. The van der Waals surface area contributed by atoms with E-state index in [4.69, 9.17) is 26.8 Å². The van der Waals surface area contributed by atoms with Crippen LogP contribution in [0.2, 0.25) is 5.02 Å². The normalized spacial score (nSPS) is 22.3. The van der Waals surface area contributed by atoms with E-state index in [-0.39, 0.29) is 18.2 Å².